The second kappa shape index (κ2) is 7.97. The molecule has 1 aromatic carbocycles. The predicted octanol–water partition coefficient (Wildman–Crippen LogP) is 1.47. The van der Waals surface area contributed by atoms with Crippen LogP contribution in [0.4, 0.5) is 0 Å². The third-order valence-electron chi connectivity index (χ3n) is 4.90. The zero-order valence-corrected chi connectivity index (χ0v) is 15.7. The van der Waals surface area contributed by atoms with Crippen LogP contribution in [0.5, 0.6) is 0 Å². The number of aromatic nitrogens is 3. The van der Waals surface area contributed by atoms with E-state index in [1.165, 1.54) is 5.56 Å². The lowest BCUT2D eigenvalue weighted by Crippen LogP contribution is -2.53. The zero-order chi connectivity index (χ0) is 18.6. The van der Waals surface area contributed by atoms with Gasteiger partial charge in [0, 0.05) is 19.6 Å². The van der Waals surface area contributed by atoms with Crippen molar-refractivity contribution in [3.63, 3.8) is 0 Å². The van der Waals surface area contributed by atoms with Crippen LogP contribution >= 0.6 is 0 Å². The molecule has 3 rings (SSSR count). The lowest BCUT2D eigenvalue weighted by atomic mass is 10.0. The number of hydrogen-bond donors (Lipinski definition) is 1. The number of carbonyl (C=O) groups is 1. The van der Waals surface area contributed by atoms with Gasteiger partial charge in [-0.2, -0.15) is 0 Å². The highest BCUT2D eigenvalue weighted by molar-refractivity contribution is 5.84. The van der Waals surface area contributed by atoms with Crippen LogP contribution in [-0.4, -0.2) is 51.8 Å². The fraction of sp³-hybridized carbons (Fsp3) is 0.526. The van der Waals surface area contributed by atoms with Crippen molar-refractivity contribution in [1.82, 2.24) is 25.0 Å². The summed E-state index contributed by atoms with van der Waals surface area (Å²) in [4.78, 5) is 15.2. The lowest BCUT2D eigenvalue weighted by molar-refractivity contribution is -0.135. The number of nitrogens with one attached hydrogen (secondary N) is 1. The average Bonchev–Trinajstić information content (AvgIpc) is 3.04. The molecule has 2 aromatic rings. The van der Waals surface area contributed by atoms with Gasteiger partial charge in [0.1, 0.15) is 18.0 Å². The Morgan fingerprint density at radius 3 is 2.85 bits per heavy atom. The van der Waals surface area contributed by atoms with Gasteiger partial charge in [-0.05, 0) is 26.0 Å². The van der Waals surface area contributed by atoms with Crippen molar-refractivity contribution in [2.75, 3.05) is 26.2 Å². The van der Waals surface area contributed by atoms with E-state index in [-0.39, 0.29) is 5.91 Å². The van der Waals surface area contributed by atoms with Gasteiger partial charge in [-0.15, -0.1) is 10.2 Å². The Labute approximate surface area is 154 Å². The Morgan fingerprint density at radius 2 is 2.12 bits per heavy atom. The number of fused-ring (bicyclic) bond motifs is 1. The second-order valence-electron chi connectivity index (χ2n) is 6.88. The fourth-order valence-corrected chi connectivity index (χ4v) is 3.42. The minimum absolute atomic E-state index is 0.0582. The summed E-state index contributed by atoms with van der Waals surface area (Å²) < 4.78 is 7.48. The van der Waals surface area contributed by atoms with E-state index in [9.17, 15) is 4.79 Å². The van der Waals surface area contributed by atoms with Crippen molar-refractivity contribution in [2.24, 2.45) is 0 Å². The first kappa shape index (κ1) is 18.5. The van der Waals surface area contributed by atoms with E-state index in [1.54, 1.807) is 0 Å². The molecule has 140 valence electrons. The summed E-state index contributed by atoms with van der Waals surface area (Å²) in [6, 6.07) is 10.4. The molecule has 1 aromatic heterocycles. The molecule has 0 fully saturated rings. The normalized spacial score (nSPS) is 19.4. The molecule has 0 aliphatic carbocycles. The molecule has 2 heterocycles. The maximum Gasteiger partial charge on any atom is 0.248 e. The topological polar surface area (TPSA) is 72.3 Å². The van der Waals surface area contributed by atoms with Gasteiger partial charge < -0.3 is 10.1 Å². The van der Waals surface area contributed by atoms with Gasteiger partial charge in [0.05, 0.1) is 6.61 Å². The standard InChI is InChI=1S/C19H27N5O2/c1-4-23(12-16-8-6-5-7-9-16)11-10-20-18(25)19(3)14-26-13-17-22-21-15(2)24(17)19/h5-9H,4,10-14H2,1-3H3,(H,20,25). The Hall–Kier alpha value is -2.25. The van der Waals surface area contributed by atoms with Crippen LogP contribution in [0.3, 0.4) is 0 Å². The Morgan fingerprint density at radius 1 is 1.35 bits per heavy atom. The van der Waals surface area contributed by atoms with E-state index in [1.807, 2.05) is 36.6 Å². The molecule has 0 saturated carbocycles. The molecule has 7 heteroatoms. The summed E-state index contributed by atoms with van der Waals surface area (Å²) in [5, 5.41) is 11.3. The van der Waals surface area contributed by atoms with E-state index in [2.05, 4.69) is 39.5 Å². The SMILES string of the molecule is CCN(CCNC(=O)C1(C)COCc2nnc(C)n21)Cc1ccccc1. The summed E-state index contributed by atoms with van der Waals surface area (Å²) >= 11 is 0. The van der Waals surface area contributed by atoms with Gasteiger partial charge in [0.15, 0.2) is 5.82 Å². The van der Waals surface area contributed by atoms with Crippen LogP contribution in [0.25, 0.3) is 0 Å². The van der Waals surface area contributed by atoms with Crippen LogP contribution in [0, 0.1) is 6.92 Å². The number of benzene rings is 1. The first-order chi connectivity index (χ1) is 12.5. The Bertz CT molecular complexity index is 746. The number of carbonyl (C=O) groups excluding carboxylic acids is 1. The van der Waals surface area contributed by atoms with E-state index >= 15 is 0 Å². The number of ether oxygens (including phenoxy) is 1. The van der Waals surface area contributed by atoms with E-state index in [0.717, 1.165) is 25.5 Å². The third-order valence-corrected chi connectivity index (χ3v) is 4.90. The molecular weight excluding hydrogens is 330 g/mol. The number of aryl methyl sites for hydroxylation is 1. The lowest BCUT2D eigenvalue weighted by Gasteiger charge is -2.35. The molecule has 0 saturated heterocycles. The number of nitrogens with zero attached hydrogens (tertiary/aromatic N) is 4. The van der Waals surface area contributed by atoms with E-state index in [0.29, 0.717) is 25.6 Å². The van der Waals surface area contributed by atoms with Crippen LogP contribution in [0.15, 0.2) is 30.3 Å². The summed E-state index contributed by atoms with van der Waals surface area (Å²) in [5.41, 5.74) is 0.468. The highest BCUT2D eigenvalue weighted by atomic mass is 16.5. The van der Waals surface area contributed by atoms with Crippen molar-refractivity contribution in [3.8, 4) is 0 Å². The van der Waals surface area contributed by atoms with Gasteiger partial charge in [0.2, 0.25) is 5.91 Å². The van der Waals surface area contributed by atoms with Gasteiger partial charge in [-0.25, -0.2) is 0 Å². The largest absolute Gasteiger partial charge is 0.370 e. The summed E-state index contributed by atoms with van der Waals surface area (Å²) in [6.07, 6.45) is 0. The molecular formula is C19H27N5O2. The Balaban J connectivity index is 1.58. The highest BCUT2D eigenvalue weighted by Crippen LogP contribution is 2.25. The monoisotopic (exact) mass is 357 g/mol. The van der Waals surface area contributed by atoms with Crippen molar-refractivity contribution < 1.29 is 9.53 Å². The molecule has 0 bridgehead atoms. The van der Waals surface area contributed by atoms with E-state index in [4.69, 9.17) is 4.74 Å². The summed E-state index contributed by atoms with van der Waals surface area (Å²) in [5.74, 6) is 1.38. The molecule has 1 N–H and O–H groups in total. The van der Waals surface area contributed by atoms with Gasteiger partial charge in [-0.1, -0.05) is 37.3 Å². The maximum atomic E-state index is 12.9. The quantitative estimate of drug-likeness (QED) is 0.812. The molecule has 0 spiro atoms. The molecule has 7 nitrogen and oxygen atoms in total. The van der Waals surface area contributed by atoms with Gasteiger partial charge in [-0.3, -0.25) is 14.3 Å². The third kappa shape index (κ3) is 3.78. The predicted molar refractivity (Wildman–Crippen MR) is 98.5 cm³/mol. The van der Waals surface area contributed by atoms with Crippen LogP contribution < -0.4 is 5.32 Å². The number of likely N-dealkylation sites (N-methyl/N-ethyl adjacent to an activating group) is 1. The zero-order valence-electron chi connectivity index (χ0n) is 15.7. The molecule has 0 radical (unpaired) electrons. The molecule has 1 aliphatic heterocycles. The van der Waals surface area contributed by atoms with Crippen LogP contribution in [0.1, 0.15) is 31.1 Å². The first-order valence-corrected chi connectivity index (χ1v) is 9.08. The summed E-state index contributed by atoms with van der Waals surface area (Å²) in [6.45, 7) is 9.79. The van der Waals surface area contributed by atoms with Gasteiger partial charge >= 0.3 is 0 Å². The van der Waals surface area contributed by atoms with Crippen molar-refractivity contribution in [3.05, 3.63) is 47.5 Å². The molecule has 1 unspecified atom stereocenters. The fourth-order valence-electron chi connectivity index (χ4n) is 3.42. The number of rotatable bonds is 7. The van der Waals surface area contributed by atoms with Crippen molar-refractivity contribution >= 4 is 5.91 Å². The number of hydrogen-bond acceptors (Lipinski definition) is 5. The molecule has 1 amide bonds. The van der Waals surface area contributed by atoms with Gasteiger partial charge in [0.25, 0.3) is 0 Å². The van der Waals surface area contributed by atoms with Crippen molar-refractivity contribution in [2.45, 2.75) is 39.5 Å². The minimum atomic E-state index is -0.808. The van der Waals surface area contributed by atoms with Crippen LogP contribution in [0.2, 0.25) is 0 Å². The highest BCUT2D eigenvalue weighted by Gasteiger charge is 2.41. The second-order valence-corrected chi connectivity index (χ2v) is 6.88. The maximum absolute atomic E-state index is 12.9. The average molecular weight is 357 g/mol. The molecule has 26 heavy (non-hydrogen) atoms. The number of amides is 1. The Kier molecular flexibility index (Phi) is 5.68. The van der Waals surface area contributed by atoms with Crippen molar-refractivity contribution in [1.29, 1.82) is 0 Å². The first-order valence-electron chi connectivity index (χ1n) is 9.08. The molecule has 1 atom stereocenters. The van der Waals surface area contributed by atoms with Crippen LogP contribution in [-0.2, 0) is 28.2 Å². The smallest absolute Gasteiger partial charge is 0.248 e. The summed E-state index contributed by atoms with van der Waals surface area (Å²) in [7, 11) is 0. The molecule has 1 aliphatic rings. The minimum Gasteiger partial charge on any atom is -0.370 e. The van der Waals surface area contributed by atoms with E-state index < -0.39 is 5.54 Å².